The number of rotatable bonds is 5. The molecule has 0 saturated heterocycles. The topological polar surface area (TPSA) is 56.7 Å². The first-order valence-corrected chi connectivity index (χ1v) is 16.0. The van der Waals surface area contributed by atoms with E-state index in [1.807, 2.05) is 115 Å². The molecule has 0 bridgehead atoms. The van der Waals surface area contributed by atoms with Crippen molar-refractivity contribution in [3.63, 3.8) is 0 Å². The third-order valence-electron chi connectivity index (χ3n) is 8.92. The van der Waals surface area contributed by atoms with Crippen LogP contribution in [0.25, 0.3) is 94.7 Å². The van der Waals surface area contributed by atoms with Crippen molar-refractivity contribution in [1.29, 1.82) is 0 Å². The van der Waals surface area contributed by atoms with Gasteiger partial charge in [-0.2, -0.15) is 0 Å². The molecular weight excluding hydrogens is 613 g/mol. The van der Waals surface area contributed by atoms with Crippen molar-refractivity contribution in [1.82, 2.24) is 19.5 Å². The largest absolute Gasteiger partial charge is 0.456 e. The number of aromatic nitrogens is 4. The van der Waals surface area contributed by atoms with E-state index in [4.69, 9.17) is 30.3 Å². The minimum Gasteiger partial charge on any atom is -0.456 e. The molecule has 5 nitrogen and oxygen atoms in total. The minimum atomic E-state index is -0.506. The third-order valence-corrected chi connectivity index (χ3v) is 8.92. The number of fused-ring (bicyclic) bond motifs is 6. The summed E-state index contributed by atoms with van der Waals surface area (Å²) in [5.74, 6) is 1.11. The zero-order chi connectivity index (χ0) is 40.0. The summed E-state index contributed by atoms with van der Waals surface area (Å²) in [6.45, 7) is 0. The Morgan fingerprint density at radius 3 is 1.68 bits per heavy atom. The van der Waals surface area contributed by atoms with Gasteiger partial charge in [-0.05, 0) is 41.9 Å². The van der Waals surface area contributed by atoms with Gasteiger partial charge in [0, 0.05) is 43.8 Å². The lowest BCUT2D eigenvalue weighted by molar-refractivity contribution is 0.669. The fourth-order valence-electron chi connectivity index (χ4n) is 6.59. The van der Waals surface area contributed by atoms with E-state index in [9.17, 15) is 0 Å². The fourth-order valence-corrected chi connectivity index (χ4v) is 6.59. The van der Waals surface area contributed by atoms with Gasteiger partial charge < -0.3 is 8.98 Å². The van der Waals surface area contributed by atoms with Gasteiger partial charge in [-0.3, -0.25) is 0 Å². The molecule has 0 aliphatic carbocycles. The van der Waals surface area contributed by atoms with E-state index < -0.39 is 36.3 Å². The van der Waals surface area contributed by atoms with E-state index in [0.717, 1.165) is 27.5 Å². The molecule has 0 atom stereocenters. The second-order valence-corrected chi connectivity index (χ2v) is 11.9. The van der Waals surface area contributed by atoms with Crippen LogP contribution in [0.1, 0.15) is 11.0 Å². The van der Waals surface area contributed by atoms with E-state index in [-0.39, 0.29) is 33.9 Å². The Bertz CT molecular complexity index is 3250. The highest BCUT2D eigenvalue weighted by molar-refractivity contribution is 6.10. The van der Waals surface area contributed by atoms with Crippen LogP contribution in [-0.4, -0.2) is 19.5 Å². The van der Waals surface area contributed by atoms with E-state index in [0.29, 0.717) is 45.4 Å². The maximum absolute atomic E-state index is 9.16. The summed E-state index contributed by atoms with van der Waals surface area (Å²) in [5.41, 5.74) is 5.25. The molecule has 0 spiro atoms. The predicted octanol–water partition coefficient (Wildman–Crippen LogP) is 11.5. The zero-order valence-electron chi connectivity index (χ0n) is 34.2. The maximum Gasteiger partial charge on any atom is 0.164 e. The molecule has 234 valence electrons. The average Bonchev–Trinajstić information content (AvgIpc) is 3.83. The molecule has 0 radical (unpaired) electrons. The van der Waals surface area contributed by atoms with E-state index >= 15 is 0 Å². The molecule has 0 aliphatic heterocycles. The third kappa shape index (κ3) is 4.60. The van der Waals surface area contributed by atoms with E-state index in [2.05, 4.69) is 0 Å². The summed E-state index contributed by atoms with van der Waals surface area (Å²) in [4.78, 5) is 14.9. The molecule has 0 saturated carbocycles. The number of furan rings is 1. The molecule has 7 aromatic carbocycles. The predicted molar refractivity (Wildman–Crippen MR) is 203 cm³/mol. The maximum atomic E-state index is 9.16. The summed E-state index contributed by atoms with van der Waals surface area (Å²) in [6, 6.07) is 34.6. The molecule has 10 aromatic rings. The highest BCUT2D eigenvalue weighted by atomic mass is 16.3. The van der Waals surface area contributed by atoms with Crippen LogP contribution < -0.4 is 0 Å². The first-order chi connectivity index (χ1) is 28.1. The van der Waals surface area contributed by atoms with Crippen LogP contribution in [0, 0.1) is 0 Å². The molecule has 10 rings (SSSR count). The summed E-state index contributed by atoms with van der Waals surface area (Å²) >= 11 is 0. The Kier molecular flexibility index (Phi) is 4.83. The van der Waals surface area contributed by atoms with Gasteiger partial charge in [0.1, 0.15) is 11.2 Å². The normalized spacial score (nSPS) is 13.8. The Labute approximate surface area is 299 Å². The summed E-state index contributed by atoms with van der Waals surface area (Å²) in [5, 5.41) is 1.94. The van der Waals surface area contributed by atoms with Crippen LogP contribution in [-0.2, 0) is 0 Å². The van der Waals surface area contributed by atoms with Crippen molar-refractivity contribution in [2.45, 2.75) is 0 Å². The second-order valence-electron chi connectivity index (χ2n) is 11.9. The van der Waals surface area contributed by atoms with Gasteiger partial charge >= 0.3 is 0 Å². The van der Waals surface area contributed by atoms with Crippen LogP contribution in [0.2, 0.25) is 0 Å². The van der Waals surface area contributed by atoms with Gasteiger partial charge in [0.2, 0.25) is 0 Å². The quantitative estimate of drug-likeness (QED) is 0.186. The lowest BCUT2D eigenvalue weighted by Gasteiger charge is -2.16. The smallest absolute Gasteiger partial charge is 0.164 e. The Morgan fingerprint density at radius 2 is 0.980 bits per heavy atom. The van der Waals surface area contributed by atoms with Crippen LogP contribution in [0.4, 0.5) is 0 Å². The average molecular weight is 649 g/mol. The van der Waals surface area contributed by atoms with Gasteiger partial charge in [0.15, 0.2) is 17.5 Å². The molecule has 3 heterocycles. The number of hydrogen-bond acceptors (Lipinski definition) is 4. The van der Waals surface area contributed by atoms with Gasteiger partial charge in [-0.1, -0.05) is 133 Å². The molecular formula is C45H28N4O. The van der Waals surface area contributed by atoms with Crippen LogP contribution in [0.3, 0.4) is 0 Å². The van der Waals surface area contributed by atoms with Crippen molar-refractivity contribution < 1.29 is 15.4 Å². The number of hydrogen-bond donors (Lipinski definition) is 0. The zero-order valence-corrected chi connectivity index (χ0v) is 26.2. The molecule has 0 N–H and O–H groups in total. The van der Waals surface area contributed by atoms with Crippen molar-refractivity contribution in [3.05, 3.63) is 170 Å². The number of nitrogens with zero attached hydrogens (tertiary/aromatic N) is 4. The molecule has 0 fully saturated rings. The molecule has 0 unspecified atom stereocenters. The van der Waals surface area contributed by atoms with Crippen molar-refractivity contribution >= 4 is 43.7 Å². The minimum absolute atomic E-state index is 0.00722. The highest BCUT2D eigenvalue weighted by Gasteiger charge is 2.19. The second kappa shape index (κ2) is 11.4. The summed E-state index contributed by atoms with van der Waals surface area (Å²) in [6.07, 6.45) is 0. The molecule has 50 heavy (non-hydrogen) atoms. The molecule has 0 amide bonds. The monoisotopic (exact) mass is 648 g/mol. The first kappa shape index (κ1) is 21.2. The van der Waals surface area contributed by atoms with Gasteiger partial charge in [-0.25, -0.2) is 15.0 Å². The lowest BCUT2D eigenvalue weighted by Crippen LogP contribution is -2.02. The number of benzene rings is 7. The standard InChI is InChI=1S/C45H28N4O/c1-3-13-29(14-4-1)33-25-23-31(27-40(33)49-38-20-10-7-17-34(38)35-18-8-11-21-39(35)49)44-46-43(30-15-5-2-6-16-30)47-45(48-44)32-24-26-37-36-19-9-12-22-41(36)50-42(37)28-32/h1-28H/i7D,8D,10D,11D,17D,18D,20D,21D. The number of para-hydroxylation sites is 3. The SMILES string of the molecule is [2H]c1c([2H])c([2H])c2c(c1[2H])c1c([2H])c([2H])c([2H])c([2H])c1n2-c1cc(-c2nc(-c3ccccc3)nc(-c3ccc4c(c3)oc3ccccc34)n2)ccc1-c1ccccc1. The molecule has 0 aliphatic rings. The fraction of sp³-hybridized carbons (Fsp3) is 0. The van der Waals surface area contributed by atoms with Crippen LogP contribution in [0.15, 0.2) is 174 Å². The Morgan fingerprint density at radius 1 is 0.440 bits per heavy atom. The van der Waals surface area contributed by atoms with Crippen LogP contribution in [0.5, 0.6) is 0 Å². The summed E-state index contributed by atoms with van der Waals surface area (Å²) < 4.78 is 78.4. The highest BCUT2D eigenvalue weighted by Crippen LogP contribution is 2.38. The van der Waals surface area contributed by atoms with Crippen LogP contribution >= 0.6 is 0 Å². The Hall–Kier alpha value is -6.85. The van der Waals surface area contributed by atoms with Crippen molar-refractivity contribution in [2.24, 2.45) is 0 Å². The molecule has 3 aromatic heterocycles. The van der Waals surface area contributed by atoms with Crippen molar-refractivity contribution in [3.8, 4) is 51.0 Å². The lowest BCUT2D eigenvalue weighted by atomic mass is 10.0. The van der Waals surface area contributed by atoms with Crippen molar-refractivity contribution in [2.75, 3.05) is 0 Å². The summed E-state index contributed by atoms with van der Waals surface area (Å²) in [7, 11) is 0. The molecule has 5 heteroatoms. The van der Waals surface area contributed by atoms with E-state index in [1.54, 1.807) is 6.07 Å². The van der Waals surface area contributed by atoms with E-state index in [1.165, 1.54) is 4.57 Å². The van der Waals surface area contributed by atoms with Gasteiger partial charge in [0.05, 0.1) is 27.7 Å². The van der Waals surface area contributed by atoms with Gasteiger partial charge in [0.25, 0.3) is 0 Å². The first-order valence-electron chi connectivity index (χ1n) is 20.0. The van der Waals surface area contributed by atoms with Gasteiger partial charge in [-0.15, -0.1) is 0 Å². The Balaban J connectivity index is 1.29.